The van der Waals surface area contributed by atoms with Crippen LogP contribution in [0.25, 0.3) is 5.69 Å². The van der Waals surface area contributed by atoms with Crippen LogP contribution in [-0.4, -0.2) is 32.8 Å². The van der Waals surface area contributed by atoms with Crippen LogP contribution in [-0.2, 0) is 4.79 Å². The number of rotatable bonds is 4. The first-order valence-electron chi connectivity index (χ1n) is 6.56. The largest absolute Gasteiger partial charge is 0.480 e. The predicted octanol–water partition coefficient (Wildman–Crippen LogP) is 1.69. The third kappa shape index (κ3) is 3.28. The van der Waals surface area contributed by atoms with Crippen LogP contribution in [0.3, 0.4) is 0 Å². The quantitative estimate of drug-likeness (QED) is 0.896. The van der Waals surface area contributed by atoms with Crippen LogP contribution in [0.2, 0.25) is 0 Å². The van der Waals surface area contributed by atoms with Gasteiger partial charge in [-0.25, -0.2) is 4.68 Å². The van der Waals surface area contributed by atoms with Crippen LogP contribution in [0, 0.1) is 13.8 Å². The number of nitrogens with one attached hydrogen (secondary N) is 1. The second kappa shape index (κ2) is 5.78. The number of amides is 1. The fraction of sp³-hybridized carbons (Fsp3) is 0.267. The van der Waals surface area contributed by atoms with Crippen molar-refractivity contribution in [1.29, 1.82) is 0 Å². The molecule has 2 aromatic rings. The Labute approximate surface area is 122 Å². The second-order valence-corrected chi connectivity index (χ2v) is 4.95. The first-order chi connectivity index (χ1) is 9.88. The van der Waals surface area contributed by atoms with E-state index in [1.54, 1.807) is 10.7 Å². The summed E-state index contributed by atoms with van der Waals surface area (Å²) in [6.45, 7) is 5.24. The number of aromatic nitrogens is 2. The first kappa shape index (κ1) is 14.8. The standard InChI is InChI=1S/C15H17N3O3/c1-9-4-6-12(7-5-9)18-10(2)8-13(17-18)14(19)16-11(3)15(20)21/h4-8,11H,1-3H3,(H,16,19)(H,20,21)/t11-/m0/s1. The summed E-state index contributed by atoms with van der Waals surface area (Å²) in [4.78, 5) is 22.7. The summed E-state index contributed by atoms with van der Waals surface area (Å²) in [6, 6.07) is 8.42. The molecule has 1 atom stereocenters. The highest BCUT2D eigenvalue weighted by Crippen LogP contribution is 2.13. The summed E-state index contributed by atoms with van der Waals surface area (Å²) in [5.74, 6) is -1.59. The highest BCUT2D eigenvalue weighted by Gasteiger charge is 2.18. The Bertz CT molecular complexity index is 674. The van der Waals surface area contributed by atoms with Gasteiger partial charge in [-0.2, -0.15) is 5.10 Å². The maximum atomic E-state index is 12.0. The van der Waals surface area contributed by atoms with Crippen LogP contribution in [0.1, 0.15) is 28.7 Å². The molecule has 1 aromatic carbocycles. The van der Waals surface area contributed by atoms with Gasteiger partial charge in [0.05, 0.1) is 5.69 Å². The van der Waals surface area contributed by atoms with E-state index in [-0.39, 0.29) is 5.69 Å². The zero-order valence-corrected chi connectivity index (χ0v) is 12.1. The molecule has 0 radical (unpaired) electrons. The Kier molecular flexibility index (Phi) is 4.07. The molecule has 1 aromatic heterocycles. The molecule has 0 aliphatic rings. The predicted molar refractivity (Wildman–Crippen MR) is 77.6 cm³/mol. The minimum Gasteiger partial charge on any atom is -0.480 e. The molecular formula is C15H17N3O3. The maximum absolute atomic E-state index is 12.0. The van der Waals surface area contributed by atoms with Crippen LogP contribution < -0.4 is 5.32 Å². The highest BCUT2D eigenvalue weighted by atomic mass is 16.4. The third-order valence-electron chi connectivity index (χ3n) is 3.12. The van der Waals surface area contributed by atoms with Gasteiger partial charge in [-0.05, 0) is 39.0 Å². The number of carbonyl (C=O) groups is 2. The van der Waals surface area contributed by atoms with Gasteiger partial charge in [0, 0.05) is 5.69 Å². The molecule has 6 nitrogen and oxygen atoms in total. The summed E-state index contributed by atoms with van der Waals surface area (Å²) in [5, 5.41) is 15.4. The molecule has 1 amide bonds. The minimum atomic E-state index is -1.09. The second-order valence-electron chi connectivity index (χ2n) is 4.95. The van der Waals surface area contributed by atoms with Gasteiger partial charge in [0.25, 0.3) is 5.91 Å². The molecule has 6 heteroatoms. The van der Waals surface area contributed by atoms with Crippen LogP contribution >= 0.6 is 0 Å². The molecule has 0 saturated carbocycles. The number of carboxylic acid groups (broad SMARTS) is 1. The molecule has 0 aliphatic carbocycles. The van der Waals surface area contributed by atoms with Crippen LogP contribution in [0.15, 0.2) is 30.3 Å². The van der Waals surface area contributed by atoms with Gasteiger partial charge in [0.1, 0.15) is 6.04 Å². The van der Waals surface area contributed by atoms with E-state index in [1.165, 1.54) is 6.92 Å². The lowest BCUT2D eigenvalue weighted by Crippen LogP contribution is -2.38. The van der Waals surface area contributed by atoms with E-state index < -0.39 is 17.9 Å². The Morgan fingerprint density at radius 3 is 2.43 bits per heavy atom. The average Bonchev–Trinajstić information content (AvgIpc) is 2.81. The lowest BCUT2D eigenvalue weighted by Gasteiger charge is -2.07. The molecule has 0 fully saturated rings. The van der Waals surface area contributed by atoms with Gasteiger partial charge in [-0.15, -0.1) is 0 Å². The normalized spacial score (nSPS) is 12.0. The van der Waals surface area contributed by atoms with Crippen molar-refractivity contribution in [1.82, 2.24) is 15.1 Å². The van der Waals surface area contributed by atoms with Crippen molar-refractivity contribution in [2.45, 2.75) is 26.8 Å². The molecular weight excluding hydrogens is 270 g/mol. The van der Waals surface area contributed by atoms with E-state index in [9.17, 15) is 9.59 Å². The summed E-state index contributed by atoms with van der Waals surface area (Å²) in [6.07, 6.45) is 0. The van der Waals surface area contributed by atoms with E-state index in [0.717, 1.165) is 16.9 Å². The molecule has 0 unspecified atom stereocenters. The van der Waals surface area contributed by atoms with E-state index in [2.05, 4.69) is 10.4 Å². The summed E-state index contributed by atoms with van der Waals surface area (Å²) < 4.78 is 1.65. The van der Waals surface area contributed by atoms with Crippen molar-refractivity contribution in [2.24, 2.45) is 0 Å². The molecule has 0 aliphatic heterocycles. The highest BCUT2D eigenvalue weighted by molar-refractivity contribution is 5.95. The van der Waals surface area contributed by atoms with Crippen LogP contribution in [0.5, 0.6) is 0 Å². The van der Waals surface area contributed by atoms with Crippen molar-refractivity contribution >= 4 is 11.9 Å². The zero-order chi connectivity index (χ0) is 15.6. The number of carbonyl (C=O) groups excluding carboxylic acids is 1. The van der Waals surface area contributed by atoms with E-state index in [4.69, 9.17) is 5.11 Å². The van der Waals surface area contributed by atoms with Crippen molar-refractivity contribution in [3.8, 4) is 5.69 Å². The molecule has 21 heavy (non-hydrogen) atoms. The van der Waals surface area contributed by atoms with Gasteiger partial charge < -0.3 is 10.4 Å². The first-order valence-corrected chi connectivity index (χ1v) is 6.56. The van der Waals surface area contributed by atoms with E-state index in [1.807, 2.05) is 38.1 Å². The molecule has 0 spiro atoms. The number of hydrogen-bond donors (Lipinski definition) is 2. The zero-order valence-electron chi connectivity index (χ0n) is 12.1. The number of benzene rings is 1. The Morgan fingerprint density at radius 2 is 1.86 bits per heavy atom. The van der Waals surface area contributed by atoms with Crippen molar-refractivity contribution < 1.29 is 14.7 Å². The van der Waals surface area contributed by atoms with Gasteiger partial charge in [0.2, 0.25) is 0 Å². The Morgan fingerprint density at radius 1 is 1.24 bits per heavy atom. The number of nitrogens with zero attached hydrogens (tertiary/aromatic N) is 2. The lowest BCUT2D eigenvalue weighted by molar-refractivity contribution is -0.138. The summed E-state index contributed by atoms with van der Waals surface area (Å²) in [7, 11) is 0. The third-order valence-corrected chi connectivity index (χ3v) is 3.12. The monoisotopic (exact) mass is 287 g/mol. The van der Waals surface area contributed by atoms with Crippen molar-refractivity contribution in [2.75, 3.05) is 0 Å². The SMILES string of the molecule is Cc1ccc(-n2nc(C(=O)N[C@@H](C)C(=O)O)cc2C)cc1. The molecule has 2 rings (SSSR count). The Hall–Kier alpha value is -2.63. The number of hydrogen-bond acceptors (Lipinski definition) is 3. The van der Waals surface area contributed by atoms with Gasteiger partial charge >= 0.3 is 5.97 Å². The Balaban J connectivity index is 2.25. The van der Waals surface area contributed by atoms with Gasteiger partial charge in [-0.3, -0.25) is 9.59 Å². The van der Waals surface area contributed by atoms with Crippen LogP contribution in [0.4, 0.5) is 0 Å². The molecule has 0 bridgehead atoms. The average molecular weight is 287 g/mol. The van der Waals surface area contributed by atoms with E-state index >= 15 is 0 Å². The molecule has 2 N–H and O–H groups in total. The fourth-order valence-corrected chi connectivity index (χ4v) is 1.87. The van der Waals surface area contributed by atoms with Crippen molar-refractivity contribution in [3.63, 3.8) is 0 Å². The number of carboxylic acids is 1. The smallest absolute Gasteiger partial charge is 0.325 e. The summed E-state index contributed by atoms with van der Waals surface area (Å²) >= 11 is 0. The minimum absolute atomic E-state index is 0.196. The topological polar surface area (TPSA) is 84.2 Å². The fourth-order valence-electron chi connectivity index (χ4n) is 1.87. The number of aliphatic carboxylic acids is 1. The lowest BCUT2D eigenvalue weighted by atomic mass is 10.2. The van der Waals surface area contributed by atoms with Gasteiger partial charge in [-0.1, -0.05) is 17.7 Å². The van der Waals surface area contributed by atoms with E-state index in [0.29, 0.717) is 0 Å². The summed E-state index contributed by atoms with van der Waals surface area (Å²) in [5.41, 5.74) is 2.98. The molecule has 110 valence electrons. The maximum Gasteiger partial charge on any atom is 0.325 e. The van der Waals surface area contributed by atoms with Crippen molar-refractivity contribution in [3.05, 3.63) is 47.3 Å². The number of aryl methyl sites for hydroxylation is 2. The molecule has 0 saturated heterocycles. The molecule has 1 heterocycles. The van der Waals surface area contributed by atoms with Gasteiger partial charge in [0.15, 0.2) is 5.69 Å².